The number of ether oxygens (including phenoxy) is 2. The number of aromatic amines is 1. The van der Waals surface area contributed by atoms with Crippen molar-refractivity contribution in [3.8, 4) is 5.75 Å². The molecule has 1 aliphatic heterocycles. The van der Waals surface area contributed by atoms with Crippen LogP contribution in [0, 0.1) is 0 Å². The van der Waals surface area contributed by atoms with Crippen LogP contribution >= 0.6 is 0 Å². The van der Waals surface area contributed by atoms with Crippen molar-refractivity contribution >= 4 is 28.4 Å². The molecule has 0 spiro atoms. The second-order valence-electron chi connectivity index (χ2n) is 8.97. The molecule has 6 nitrogen and oxygen atoms in total. The molecule has 1 amide bonds. The van der Waals surface area contributed by atoms with E-state index in [1.165, 1.54) is 0 Å². The molecule has 0 saturated carbocycles. The molecule has 1 aromatic heterocycles. The molecule has 6 heteroatoms. The number of aromatic nitrogens is 1. The lowest BCUT2D eigenvalue weighted by Crippen LogP contribution is -2.37. The predicted molar refractivity (Wildman–Crippen MR) is 125 cm³/mol. The molecule has 0 saturated heterocycles. The summed E-state index contributed by atoms with van der Waals surface area (Å²) < 4.78 is 10.8. The van der Waals surface area contributed by atoms with E-state index in [-0.39, 0.29) is 12.0 Å². The van der Waals surface area contributed by atoms with Crippen molar-refractivity contribution in [1.29, 1.82) is 0 Å². The Morgan fingerprint density at radius 3 is 2.56 bits per heavy atom. The van der Waals surface area contributed by atoms with Gasteiger partial charge in [0.05, 0.1) is 24.5 Å². The van der Waals surface area contributed by atoms with E-state index < -0.39 is 11.4 Å². The SMILES string of the molecule is COc1cccc(C(=O)N2C=C(C(=O)OC(C)C)c3[nH]c4ccccc4c3C(C)(C)C2)c1. The number of fused-ring (bicyclic) bond motifs is 3. The van der Waals surface area contributed by atoms with Gasteiger partial charge in [0.1, 0.15) is 5.75 Å². The second-order valence-corrected chi connectivity index (χ2v) is 8.97. The van der Waals surface area contributed by atoms with E-state index in [9.17, 15) is 9.59 Å². The Hall–Kier alpha value is -3.54. The van der Waals surface area contributed by atoms with Crippen LogP contribution in [0.15, 0.2) is 54.7 Å². The van der Waals surface area contributed by atoms with Gasteiger partial charge in [0.25, 0.3) is 5.91 Å². The van der Waals surface area contributed by atoms with Crippen molar-refractivity contribution in [1.82, 2.24) is 9.88 Å². The molecule has 2 heterocycles. The first-order chi connectivity index (χ1) is 15.2. The molecule has 1 N–H and O–H groups in total. The van der Waals surface area contributed by atoms with Crippen LogP contribution in [0.25, 0.3) is 16.5 Å². The molecule has 0 aliphatic carbocycles. The van der Waals surface area contributed by atoms with Crippen LogP contribution in [0.2, 0.25) is 0 Å². The minimum Gasteiger partial charge on any atom is -0.497 e. The monoisotopic (exact) mass is 432 g/mol. The zero-order chi connectivity index (χ0) is 23.0. The standard InChI is InChI=1S/C26H28N2O4/c1-16(2)32-25(30)20-14-28(24(29)17-9-8-10-18(13-17)31-5)15-26(3,4)22-19-11-6-7-12-21(19)27-23(20)22/h6-14,16,27H,15H2,1-5H3. The minimum atomic E-state index is -0.464. The number of para-hydroxylation sites is 1. The number of methoxy groups -OCH3 is 1. The van der Waals surface area contributed by atoms with Gasteiger partial charge in [-0.2, -0.15) is 0 Å². The van der Waals surface area contributed by atoms with Crippen LogP contribution in [0.5, 0.6) is 5.75 Å². The van der Waals surface area contributed by atoms with Gasteiger partial charge >= 0.3 is 5.97 Å². The number of carbonyl (C=O) groups is 2. The van der Waals surface area contributed by atoms with Crippen LogP contribution in [0.3, 0.4) is 0 Å². The maximum atomic E-state index is 13.5. The van der Waals surface area contributed by atoms with E-state index >= 15 is 0 Å². The Kier molecular flexibility index (Phi) is 5.55. The third kappa shape index (κ3) is 3.88. The number of nitrogens with one attached hydrogen (secondary N) is 1. The fourth-order valence-corrected chi connectivity index (χ4v) is 4.30. The maximum absolute atomic E-state index is 13.5. The molecule has 2 aromatic carbocycles. The van der Waals surface area contributed by atoms with Crippen LogP contribution in [-0.2, 0) is 14.9 Å². The van der Waals surface area contributed by atoms with Gasteiger partial charge in [0, 0.05) is 34.6 Å². The molecule has 3 aromatic rings. The summed E-state index contributed by atoms with van der Waals surface area (Å²) in [6.07, 6.45) is 1.34. The average molecular weight is 433 g/mol. The molecular formula is C26H28N2O4. The third-order valence-electron chi connectivity index (χ3n) is 5.64. The van der Waals surface area contributed by atoms with Crippen molar-refractivity contribution in [2.45, 2.75) is 39.2 Å². The summed E-state index contributed by atoms with van der Waals surface area (Å²) in [5.74, 6) is -0.0696. The van der Waals surface area contributed by atoms with Gasteiger partial charge in [-0.3, -0.25) is 4.79 Å². The molecular weight excluding hydrogens is 404 g/mol. The first kappa shape index (κ1) is 21.7. The van der Waals surface area contributed by atoms with Crippen molar-refractivity contribution in [2.75, 3.05) is 13.7 Å². The summed E-state index contributed by atoms with van der Waals surface area (Å²) in [6, 6.07) is 15.0. The zero-order valence-corrected chi connectivity index (χ0v) is 19.1. The molecule has 166 valence electrons. The van der Waals surface area contributed by atoms with E-state index in [0.29, 0.717) is 29.1 Å². The fourth-order valence-electron chi connectivity index (χ4n) is 4.30. The molecule has 0 unspecified atom stereocenters. The number of hydrogen-bond donors (Lipinski definition) is 1. The van der Waals surface area contributed by atoms with Crippen molar-refractivity contribution in [3.63, 3.8) is 0 Å². The number of carbonyl (C=O) groups excluding carboxylic acids is 2. The molecule has 0 atom stereocenters. The van der Waals surface area contributed by atoms with Gasteiger partial charge in [-0.25, -0.2) is 4.79 Å². The van der Waals surface area contributed by atoms with Crippen LogP contribution in [0.1, 0.15) is 49.3 Å². The lowest BCUT2D eigenvalue weighted by Gasteiger charge is -2.29. The molecule has 4 rings (SSSR count). The largest absolute Gasteiger partial charge is 0.497 e. The fraction of sp³-hybridized carbons (Fsp3) is 0.308. The van der Waals surface area contributed by atoms with E-state index in [4.69, 9.17) is 9.47 Å². The summed E-state index contributed by atoms with van der Waals surface area (Å²) >= 11 is 0. The minimum absolute atomic E-state index is 0.207. The highest BCUT2D eigenvalue weighted by atomic mass is 16.5. The number of H-pyrrole nitrogens is 1. The Bertz CT molecular complexity index is 1220. The topological polar surface area (TPSA) is 71.6 Å². The highest BCUT2D eigenvalue weighted by Gasteiger charge is 2.37. The summed E-state index contributed by atoms with van der Waals surface area (Å²) in [5, 5.41) is 1.03. The number of esters is 1. The van der Waals surface area contributed by atoms with Crippen LogP contribution < -0.4 is 4.74 Å². The van der Waals surface area contributed by atoms with Gasteiger partial charge in [-0.15, -0.1) is 0 Å². The quantitative estimate of drug-likeness (QED) is 0.595. The smallest absolute Gasteiger partial charge is 0.342 e. The first-order valence-electron chi connectivity index (χ1n) is 10.7. The van der Waals surface area contributed by atoms with Crippen molar-refractivity contribution in [2.24, 2.45) is 0 Å². The molecule has 0 fully saturated rings. The number of amides is 1. The van der Waals surface area contributed by atoms with Gasteiger partial charge in [0.15, 0.2) is 0 Å². The maximum Gasteiger partial charge on any atom is 0.342 e. The van der Waals surface area contributed by atoms with E-state index in [1.54, 1.807) is 42.5 Å². The summed E-state index contributed by atoms with van der Waals surface area (Å²) in [5.41, 5.74) is 3.04. The highest BCUT2D eigenvalue weighted by Crippen LogP contribution is 2.40. The molecule has 0 bridgehead atoms. The molecule has 0 radical (unpaired) electrons. The van der Waals surface area contributed by atoms with E-state index in [0.717, 1.165) is 16.5 Å². The highest BCUT2D eigenvalue weighted by molar-refractivity contribution is 6.18. The average Bonchev–Trinajstić information content (AvgIpc) is 3.10. The zero-order valence-electron chi connectivity index (χ0n) is 19.1. The number of nitrogens with zero attached hydrogens (tertiary/aromatic N) is 1. The van der Waals surface area contributed by atoms with Crippen molar-refractivity contribution in [3.05, 3.63) is 71.6 Å². The number of benzene rings is 2. The number of hydrogen-bond acceptors (Lipinski definition) is 4. The Morgan fingerprint density at radius 1 is 1.09 bits per heavy atom. The second kappa shape index (κ2) is 8.19. The van der Waals surface area contributed by atoms with Crippen molar-refractivity contribution < 1.29 is 19.1 Å². The van der Waals surface area contributed by atoms with E-state index in [1.807, 2.05) is 38.1 Å². The first-order valence-corrected chi connectivity index (χ1v) is 10.7. The lowest BCUT2D eigenvalue weighted by molar-refractivity contribution is -0.140. The van der Waals surface area contributed by atoms with Gasteiger partial charge in [-0.1, -0.05) is 38.1 Å². The summed E-state index contributed by atoms with van der Waals surface area (Å²) in [7, 11) is 1.57. The Morgan fingerprint density at radius 2 is 1.84 bits per heavy atom. The van der Waals surface area contributed by atoms with Gasteiger partial charge < -0.3 is 19.4 Å². The van der Waals surface area contributed by atoms with E-state index in [2.05, 4.69) is 18.8 Å². The molecule has 32 heavy (non-hydrogen) atoms. The lowest BCUT2D eigenvalue weighted by atomic mass is 9.81. The predicted octanol–water partition coefficient (Wildman–Crippen LogP) is 4.90. The van der Waals surface area contributed by atoms with Crippen LogP contribution in [-0.4, -0.2) is 41.5 Å². The molecule has 1 aliphatic rings. The van der Waals surface area contributed by atoms with Gasteiger partial charge in [-0.05, 0) is 43.7 Å². The normalized spacial score (nSPS) is 15.2. The van der Waals surface area contributed by atoms with Gasteiger partial charge in [0.2, 0.25) is 0 Å². The van der Waals surface area contributed by atoms with Crippen LogP contribution in [0.4, 0.5) is 0 Å². The number of rotatable bonds is 4. The third-order valence-corrected chi connectivity index (χ3v) is 5.64. The summed E-state index contributed by atoms with van der Waals surface area (Å²) in [6.45, 7) is 8.19. The summed E-state index contributed by atoms with van der Waals surface area (Å²) in [4.78, 5) is 31.7. The Labute approximate surface area is 187 Å². The Balaban J connectivity index is 1.88.